The molecule has 1 aromatic heterocycles. The van der Waals surface area contributed by atoms with E-state index >= 15 is 0 Å². The van der Waals surface area contributed by atoms with Crippen LogP contribution in [0.2, 0.25) is 0 Å². The third kappa shape index (κ3) is 3.38. The average Bonchev–Trinajstić information content (AvgIpc) is 2.43. The first-order chi connectivity index (χ1) is 6.50. The number of hydrogen-bond acceptors (Lipinski definition) is 3. The van der Waals surface area contributed by atoms with Crippen LogP contribution >= 0.6 is 31.9 Å². The Bertz CT molecular complexity index is 277. The number of aliphatic hydroxyl groups is 1. The number of halogens is 2. The highest BCUT2D eigenvalue weighted by Gasteiger charge is 2.15. The number of aliphatic hydroxyl groups excluding tert-OH is 1. The molecule has 80 valence electrons. The average molecular weight is 328 g/mol. The molecule has 14 heavy (non-hydrogen) atoms. The van der Waals surface area contributed by atoms with Gasteiger partial charge in [0.15, 0.2) is 4.67 Å². The van der Waals surface area contributed by atoms with Crippen LogP contribution < -0.4 is 0 Å². The molecule has 0 saturated carbocycles. The van der Waals surface area contributed by atoms with E-state index < -0.39 is 6.10 Å². The fourth-order valence-corrected chi connectivity index (χ4v) is 1.50. The number of ether oxygens (including phenoxy) is 1. The minimum absolute atomic E-state index is 0.103. The van der Waals surface area contributed by atoms with Gasteiger partial charge in [0.25, 0.3) is 0 Å². The maximum Gasteiger partial charge on any atom is 0.183 e. The fourth-order valence-electron chi connectivity index (χ4n) is 0.893. The molecular weight excluding hydrogens is 316 g/mol. The van der Waals surface area contributed by atoms with Crippen LogP contribution in [-0.2, 0) is 4.74 Å². The molecule has 0 spiro atoms. The van der Waals surface area contributed by atoms with Gasteiger partial charge in [-0.25, -0.2) is 0 Å². The van der Waals surface area contributed by atoms with Crippen molar-refractivity contribution >= 4 is 31.9 Å². The second kappa shape index (κ2) is 5.30. The highest BCUT2D eigenvalue weighted by Crippen LogP contribution is 2.30. The zero-order valence-corrected chi connectivity index (χ0v) is 11.1. The van der Waals surface area contributed by atoms with E-state index in [9.17, 15) is 5.11 Å². The molecule has 1 atom stereocenters. The normalized spacial score (nSPS) is 13.6. The summed E-state index contributed by atoms with van der Waals surface area (Å²) in [6.07, 6.45) is -0.619. The second-order valence-corrected chi connectivity index (χ2v) is 4.74. The van der Waals surface area contributed by atoms with Gasteiger partial charge in [-0.15, -0.1) is 0 Å². The summed E-state index contributed by atoms with van der Waals surface area (Å²) in [5, 5.41) is 9.65. The largest absolute Gasteiger partial charge is 0.450 e. The van der Waals surface area contributed by atoms with Crippen LogP contribution in [0, 0.1) is 0 Å². The Balaban J connectivity index is 2.56. The first-order valence-corrected chi connectivity index (χ1v) is 5.83. The van der Waals surface area contributed by atoms with Crippen LogP contribution in [0.3, 0.4) is 0 Å². The summed E-state index contributed by atoms with van der Waals surface area (Å²) in [7, 11) is 0. The van der Waals surface area contributed by atoms with Gasteiger partial charge in [-0.2, -0.15) is 0 Å². The summed E-state index contributed by atoms with van der Waals surface area (Å²) >= 11 is 6.47. The molecule has 0 fully saturated rings. The van der Waals surface area contributed by atoms with Crippen LogP contribution in [0.5, 0.6) is 0 Å². The minimum Gasteiger partial charge on any atom is -0.450 e. The molecule has 0 radical (unpaired) electrons. The summed E-state index contributed by atoms with van der Waals surface area (Å²) in [6.45, 7) is 4.07. The topological polar surface area (TPSA) is 42.6 Å². The molecule has 0 bridgehead atoms. The van der Waals surface area contributed by atoms with E-state index in [0.29, 0.717) is 10.4 Å². The van der Waals surface area contributed by atoms with Crippen molar-refractivity contribution in [3.8, 4) is 0 Å². The maximum atomic E-state index is 9.65. The SMILES string of the molecule is CC(C)OCC(O)c1cc(Br)c(Br)o1. The Morgan fingerprint density at radius 1 is 1.50 bits per heavy atom. The lowest BCUT2D eigenvalue weighted by molar-refractivity contribution is -0.00376. The summed E-state index contributed by atoms with van der Waals surface area (Å²) in [4.78, 5) is 0. The van der Waals surface area contributed by atoms with Gasteiger partial charge in [0, 0.05) is 0 Å². The molecule has 0 saturated heterocycles. The van der Waals surface area contributed by atoms with Crippen molar-refractivity contribution in [2.24, 2.45) is 0 Å². The predicted molar refractivity (Wildman–Crippen MR) is 60.2 cm³/mol. The first kappa shape index (κ1) is 12.2. The van der Waals surface area contributed by atoms with E-state index in [0.717, 1.165) is 4.47 Å². The summed E-state index contributed by atoms with van der Waals surface area (Å²) in [5.74, 6) is 0.490. The van der Waals surface area contributed by atoms with Gasteiger partial charge in [0.1, 0.15) is 11.9 Å². The monoisotopic (exact) mass is 326 g/mol. The van der Waals surface area contributed by atoms with Gasteiger partial charge in [-0.3, -0.25) is 0 Å². The molecule has 0 aliphatic heterocycles. The van der Waals surface area contributed by atoms with Crippen molar-refractivity contribution in [2.45, 2.75) is 26.1 Å². The molecule has 0 aromatic carbocycles. The van der Waals surface area contributed by atoms with Gasteiger partial charge in [0.2, 0.25) is 0 Å². The van der Waals surface area contributed by atoms with E-state index in [1.165, 1.54) is 0 Å². The van der Waals surface area contributed by atoms with Gasteiger partial charge in [0.05, 0.1) is 17.2 Å². The fraction of sp³-hybridized carbons (Fsp3) is 0.556. The van der Waals surface area contributed by atoms with Crippen LogP contribution in [0.1, 0.15) is 25.7 Å². The lowest BCUT2D eigenvalue weighted by atomic mass is 10.3. The maximum absolute atomic E-state index is 9.65. The lowest BCUT2D eigenvalue weighted by Crippen LogP contribution is -2.11. The van der Waals surface area contributed by atoms with Crippen LogP contribution in [0.15, 0.2) is 19.6 Å². The van der Waals surface area contributed by atoms with Crippen molar-refractivity contribution in [1.82, 2.24) is 0 Å². The van der Waals surface area contributed by atoms with Crippen molar-refractivity contribution in [1.29, 1.82) is 0 Å². The lowest BCUT2D eigenvalue weighted by Gasteiger charge is -2.10. The Hall–Kier alpha value is 0.160. The van der Waals surface area contributed by atoms with Crippen LogP contribution in [0.4, 0.5) is 0 Å². The van der Waals surface area contributed by atoms with Gasteiger partial charge >= 0.3 is 0 Å². The second-order valence-electron chi connectivity index (χ2n) is 3.17. The Morgan fingerprint density at radius 2 is 2.14 bits per heavy atom. The number of furan rings is 1. The minimum atomic E-state index is -0.722. The van der Waals surface area contributed by atoms with E-state index in [1.54, 1.807) is 6.07 Å². The van der Waals surface area contributed by atoms with E-state index in [-0.39, 0.29) is 12.7 Å². The molecule has 1 rings (SSSR count). The van der Waals surface area contributed by atoms with Crippen molar-refractivity contribution < 1.29 is 14.3 Å². The molecule has 0 aliphatic rings. The van der Waals surface area contributed by atoms with E-state index in [4.69, 9.17) is 9.15 Å². The third-order valence-corrected chi connectivity index (χ3v) is 3.29. The third-order valence-electron chi connectivity index (χ3n) is 1.58. The highest BCUT2D eigenvalue weighted by molar-refractivity contribution is 9.13. The van der Waals surface area contributed by atoms with Gasteiger partial charge < -0.3 is 14.3 Å². The first-order valence-electron chi connectivity index (χ1n) is 4.25. The number of hydrogen-bond donors (Lipinski definition) is 1. The zero-order chi connectivity index (χ0) is 10.7. The highest BCUT2D eigenvalue weighted by atomic mass is 79.9. The molecule has 0 amide bonds. The summed E-state index contributed by atoms with van der Waals surface area (Å²) < 4.78 is 11.9. The summed E-state index contributed by atoms with van der Waals surface area (Å²) in [6, 6.07) is 1.72. The molecule has 1 heterocycles. The summed E-state index contributed by atoms with van der Waals surface area (Å²) in [5.41, 5.74) is 0. The molecular formula is C9H12Br2O3. The molecule has 1 unspecified atom stereocenters. The molecule has 3 nitrogen and oxygen atoms in total. The van der Waals surface area contributed by atoms with E-state index in [2.05, 4.69) is 31.9 Å². The van der Waals surface area contributed by atoms with E-state index in [1.807, 2.05) is 13.8 Å². The van der Waals surface area contributed by atoms with Crippen molar-refractivity contribution in [3.63, 3.8) is 0 Å². The van der Waals surface area contributed by atoms with Gasteiger partial charge in [-0.1, -0.05) is 0 Å². The van der Waals surface area contributed by atoms with Gasteiger partial charge in [-0.05, 0) is 51.8 Å². The molecule has 5 heteroatoms. The Kier molecular flexibility index (Phi) is 4.63. The quantitative estimate of drug-likeness (QED) is 0.923. The van der Waals surface area contributed by atoms with Crippen LogP contribution in [-0.4, -0.2) is 17.8 Å². The van der Waals surface area contributed by atoms with Crippen molar-refractivity contribution in [3.05, 3.63) is 21.0 Å². The zero-order valence-electron chi connectivity index (χ0n) is 7.96. The Morgan fingerprint density at radius 3 is 2.57 bits per heavy atom. The van der Waals surface area contributed by atoms with Crippen molar-refractivity contribution in [2.75, 3.05) is 6.61 Å². The molecule has 1 aromatic rings. The molecule has 0 aliphatic carbocycles. The molecule has 1 N–H and O–H groups in total. The standard InChI is InChI=1S/C9H12Br2O3/c1-5(2)13-4-7(12)8-3-6(10)9(11)14-8/h3,5,7,12H,4H2,1-2H3. The Labute approximate surface area is 99.7 Å². The van der Waals surface area contributed by atoms with Crippen LogP contribution in [0.25, 0.3) is 0 Å². The smallest absolute Gasteiger partial charge is 0.183 e. The predicted octanol–water partition coefficient (Wildman–Crippen LogP) is 3.26. The number of rotatable bonds is 4.